The Bertz CT molecular complexity index is 66.1. The molecule has 0 saturated heterocycles. The molecule has 1 unspecified atom stereocenters. The van der Waals surface area contributed by atoms with Gasteiger partial charge in [-0.05, 0) is 27.1 Å². The Labute approximate surface area is 56.8 Å². The van der Waals surface area contributed by atoms with Crippen molar-refractivity contribution < 1.29 is 4.74 Å². The molecule has 9 heavy (non-hydrogen) atoms. The summed E-state index contributed by atoms with van der Waals surface area (Å²) in [5.74, 6) is 0. The van der Waals surface area contributed by atoms with Crippen LogP contribution in [0.3, 0.4) is 0 Å². The van der Waals surface area contributed by atoms with Gasteiger partial charge in [-0.25, -0.2) is 0 Å². The van der Waals surface area contributed by atoms with Crippen molar-refractivity contribution in [3.05, 3.63) is 0 Å². The molecule has 0 amide bonds. The van der Waals surface area contributed by atoms with Crippen molar-refractivity contribution in [3.63, 3.8) is 0 Å². The van der Waals surface area contributed by atoms with Gasteiger partial charge < -0.3 is 10.5 Å². The van der Waals surface area contributed by atoms with Crippen LogP contribution in [0.2, 0.25) is 0 Å². The van der Waals surface area contributed by atoms with E-state index in [1.165, 1.54) is 0 Å². The molecule has 2 N–H and O–H groups in total. The molecule has 0 aromatic heterocycles. The summed E-state index contributed by atoms with van der Waals surface area (Å²) in [5.41, 5.74) is 5.34. The van der Waals surface area contributed by atoms with Gasteiger partial charge in [-0.1, -0.05) is 0 Å². The van der Waals surface area contributed by atoms with Crippen molar-refractivity contribution in [2.75, 3.05) is 27.7 Å². The van der Waals surface area contributed by atoms with E-state index in [-0.39, 0.29) is 6.23 Å². The summed E-state index contributed by atoms with van der Waals surface area (Å²) in [5, 5.41) is 0. The minimum atomic E-state index is 0.176. The summed E-state index contributed by atoms with van der Waals surface area (Å²) < 4.78 is 5.10. The summed E-state index contributed by atoms with van der Waals surface area (Å²) in [7, 11) is 5.65. The predicted molar refractivity (Wildman–Crippen MR) is 38.2 cm³/mol. The minimum absolute atomic E-state index is 0.176. The van der Waals surface area contributed by atoms with Crippen molar-refractivity contribution >= 4 is 0 Å². The van der Waals surface area contributed by atoms with Gasteiger partial charge >= 0.3 is 0 Å². The molecule has 3 nitrogen and oxygen atoms in total. The maximum absolute atomic E-state index is 5.34. The monoisotopic (exact) mass is 132 g/mol. The van der Waals surface area contributed by atoms with Crippen molar-refractivity contribution in [3.8, 4) is 0 Å². The lowest BCUT2D eigenvalue weighted by Gasteiger charge is -2.21. The first-order chi connectivity index (χ1) is 4.22. The summed E-state index contributed by atoms with van der Waals surface area (Å²) >= 11 is 0. The van der Waals surface area contributed by atoms with Crippen LogP contribution in [0.15, 0.2) is 0 Å². The molecule has 0 aliphatic carbocycles. The Morgan fingerprint density at radius 3 is 2.22 bits per heavy atom. The zero-order valence-corrected chi connectivity index (χ0v) is 6.42. The first-order valence-corrected chi connectivity index (χ1v) is 3.11. The van der Waals surface area contributed by atoms with Gasteiger partial charge in [0.15, 0.2) is 0 Å². The second kappa shape index (κ2) is 4.73. The highest BCUT2D eigenvalue weighted by Crippen LogP contribution is 1.96. The molecule has 0 aromatic carbocycles. The lowest BCUT2D eigenvalue weighted by atomic mass is 10.3. The number of methoxy groups -OCH3 is 1. The first-order valence-electron chi connectivity index (χ1n) is 3.11. The molecule has 0 fully saturated rings. The third-order valence-corrected chi connectivity index (χ3v) is 1.26. The Balaban J connectivity index is 3.41. The van der Waals surface area contributed by atoms with Gasteiger partial charge in [0, 0.05) is 7.11 Å². The highest BCUT2D eigenvalue weighted by Gasteiger charge is 2.06. The normalized spacial score (nSPS) is 14.3. The van der Waals surface area contributed by atoms with Crippen LogP contribution < -0.4 is 5.73 Å². The van der Waals surface area contributed by atoms with E-state index in [1.807, 2.05) is 19.0 Å². The van der Waals surface area contributed by atoms with E-state index < -0.39 is 0 Å². The summed E-state index contributed by atoms with van der Waals surface area (Å²) in [6.07, 6.45) is 1.07. The minimum Gasteiger partial charge on any atom is -0.366 e. The third kappa shape index (κ3) is 3.46. The van der Waals surface area contributed by atoms with Crippen LogP contribution in [-0.2, 0) is 4.74 Å². The predicted octanol–water partition coefficient (Wildman–Crippen LogP) is -0.131. The van der Waals surface area contributed by atoms with Gasteiger partial charge in [-0.2, -0.15) is 0 Å². The summed E-state index contributed by atoms with van der Waals surface area (Å²) in [6, 6.07) is 0. The van der Waals surface area contributed by atoms with E-state index in [0.29, 0.717) is 6.54 Å². The molecule has 0 aromatic rings. The summed E-state index contributed by atoms with van der Waals surface area (Å²) in [4.78, 5) is 2.01. The lowest BCUT2D eigenvalue weighted by Crippen LogP contribution is -2.31. The first kappa shape index (κ1) is 8.88. The van der Waals surface area contributed by atoms with Crippen LogP contribution in [0.1, 0.15) is 6.42 Å². The van der Waals surface area contributed by atoms with Crippen LogP contribution >= 0.6 is 0 Å². The highest BCUT2D eigenvalue weighted by molar-refractivity contribution is 4.52. The Kier molecular flexibility index (Phi) is 4.67. The van der Waals surface area contributed by atoms with Gasteiger partial charge in [0.25, 0.3) is 0 Å². The van der Waals surface area contributed by atoms with Gasteiger partial charge in [0.05, 0.1) is 0 Å². The third-order valence-electron chi connectivity index (χ3n) is 1.26. The van der Waals surface area contributed by atoms with Crippen molar-refractivity contribution in [2.45, 2.75) is 12.6 Å². The molecule has 0 bridgehead atoms. The Morgan fingerprint density at radius 2 is 2.11 bits per heavy atom. The van der Waals surface area contributed by atoms with Crippen LogP contribution in [0.5, 0.6) is 0 Å². The van der Waals surface area contributed by atoms with E-state index in [4.69, 9.17) is 10.5 Å². The Morgan fingerprint density at radius 1 is 1.56 bits per heavy atom. The molecule has 3 heteroatoms. The van der Waals surface area contributed by atoms with E-state index >= 15 is 0 Å². The van der Waals surface area contributed by atoms with Crippen molar-refractivity contribution in [1.29, 1.82) is 0 Å². The van der Waals surface area contributed by atoms with Gasteiger partial charge in [-0.15, -0.1) is 0 Å². The fourth-order valence-electron chi connectivity index (χ4n) is 0.729. The molecule has 56 valence electrons. The average Bonchev–Trinajstić information content (AvgIpc) is 1.82. The van der Waals surface area contributed by atoms with Gasteiger partial charge in [0.2, 0.25) is 0 Å². The van der Waals surface area contributed by atoms with Crippen LogP contribution in [0.4, 0.5) is 0 Å². The average molecular weight is 132 g/mol. The van der Waals surface area contributed by atoms with Gasteiger partial charge in [-0.3, -0.25) is 4.90 Å². The molecule has 0 rings (SSSR count). The molecular formula is C6H16N2O. The zero-order valence-electron chi connectivity index (χ0n) is 6.42. The number of hydrogen-bond acceptors (Lipinski definition) is 3. The second-order valence-corrected chi connectivity index (χ2v) is 2.23. The van der Waals surface area contributed by atoms with E-state index in [2.05, 4.69) is 0 Å². The van der Waals surface area contributed by atoms with Gasteiger partial charge in [0.1, 0.15) is 6.23 Å². The maximum atomic E-state index is 5.34. The van der Waals surface area contributed by atoms with E-state index in [9.17, 15) is 0 Å². The Hall–Kier alpha value is -0.120. The summed E-state index contributed by atoms with van der Waals surface area (Å²) in [6.45, 7) is 0.677. The molecule has 0 aliphatic rings. The number of nitrogens with zero attached hydrogens (tertiary/aromatic N) is 1. The van der Waals surface area contributed by atoms with Crippen molar-refractivity contribution in [1.82, 2.24) is 4.90 Å². The number of ether oxygens (including phenoxy) is 1. The number of nitrogens with two attached hydrogens (primary N) is 1. The molecule has 0 saturated carbocycles. The fourth-order valence-corrected chi connectivity index (χ4v) is 0.729. The zero-order chi connectivity index (χ0) is 7.28. The molecular weight excluding hydrogens is 116 g/mol. The van der Waals surface area contributed by atoms with Crippen LogP contribution in [0.25, 0.3) is 0 Å². The smallest absolute Gasteiger partial charge is 0.110 e. The molecule has 1 atom stereocenters. The topological polar surface area (TPSA) is 38.5 Å². The lowest BCUT2D eigenvalue weighted by molar-refractivity contribution is -0.00728. The quantitative estimate of drug-likeness (QED) is 0.541. The van der Waals surface area contributed by atoms with Crippen molar-refractivity contribution in [2.24, 2.45) is 5.73 Å². The fraction of sp³-hybridized carbons (Fsp3) is 1.00. The number of rotatable bonds is 4. The second-order valence-electron chi connectivity index (χ2n) is 2.23. The highest BCUT2D eigenvalue weighted by atomic mass is 16.5. The molecule has 0 radical (unpaired) electrons. The molecule has 0 spiro atoms. The largest absolute Gasteiger partial charge is 0.366 e. The number of hydrogen-bond donors (Lipinski definition) is 1. The molecule has 0 aliphatic heterocycles. The van der Waals surface area contributed by atoms with E-state index in [1.54, 1.807) is 7.11 Å². The van der Waals surface area contributed by atoms with Crippen LogP contribution in [-0.4, -0.2) is 38.9 Å². The molecule has 0 heterocycles. The maximum Gasteiger partial charge on any atom is 0.110 e. The van der Waals surface area contributed by atoms with E-state index in [0.717, 1.165) is 6.42 Å². The standard InChI is InChI=1S/C6H16N2O/c1-8(2)6(9-3)4-5-7/h6H,4-5,7H2,1-3H3. The SMILES string of the molecule is COC(CCN)N(C)C. The van der Waals surface area contributed by atoms with Crippen LogP contribution in [0, 0.1) is 0 Å².